The van der Waals surface area contributed by atoms with Crippen molar-refractivity contribution < 1.29 is 9.47 Å². The molecule has 6 nitrogen and oxygen atoms in total. The van der Waals surface area contributed by atoms with Crippen LogP contribution in [0.5, 0.6) is 11.5 Å². The summed E-state index contributed by atoms with van der Waals surface area (Å²) in [6.07, 6.45) is 6.40. The fourth-order valence-corrected chi connectivity index (χ4v) is 3.68. The topological polar surface area (TPSA) is 42.8 Å². The number of rotatable bonds is 9. The molecule has 3 rings (SSSR count). The van der Waals surface area contributed by atoms with Crippen LogP contribution in [0.4, 0.5) is 0 Å². The van der Waals surface area contributed by atoms with Gasteiger partial charge in [-0.15, -0.1) is 0 Å². The monoisotopic (exact) mass is 372 g/mol. The lowest BCUT2D eigenvalue weighted by Gasteiger charge is -2.35. The molecule has 0 aliphatic carbocycles. The van der Waals surface area contributed by atoms with Gasteiger partial charge in [-0.2, -0.15) is 0 Å². The van der Waals surface area contributed by atoms with Crippen LogP contribution in [0.25, 0.3) is 0 Å². The van der Waals surface area contributed by atoms with E-state index in [0.29, 0.717) is 0 Å². The van der Waals surface area contributed by atoms with E-state index < -0.39 is 0 Å². The van der Waals surface area contributed by atoms with Gasteiger partial charge < -0.3 is 18.9 Å². The molecule has 0 spiro atoms. The average molecular weight is 373 g/mol. The van der Waals surface area contributed by atoms with Gasteiger partial charge in [-0.25, -0.2) is 4.98 Å². The molecule has 2 aromatic rings. The fraction of sp³-hybridized carbons (Fsp3) is 0.571. The van der Waals surface area contributed by atoms with Crippen LogP contribution in [0.2, 0.25) is 0 Å². The highest BCUT2D eigenvalue weighted by Crippen LogP contribution is 2.25. The third kappa shape index (κ3) is 5.47. The smallest absolute Gasteiger partial charge is 0.123 e. The fourth-order valence-electron chi connectivity index (χ4n) is 3.68. The Morgan fingerprint density at radius 3 is 2.37 bits per heavy atom. The molecule has 1 fully saturated rings. The summed E-state index contributed by atoms with van der Waals surface area (Å²) >= 11 is 0. The number of piperazine rings is 1. The number of methoxy groups -OCH3 is 2. The van der Waals surface area contributed by atoms with Crippen LogP contribution < -0.4 is 9.47 Å². The van der Waals surface area contributed by atoms with Crippen molar-refractivity contribution in [1.82, 2.24) is 19.4 Å². The second kappa shape index (κ2) is 9.76. The van der Waals surface area contributed by atoms with Gasteiger partial charge in [0.15, 0.2) is 0 Å². The van der Waals surface area contributed by atoms with Crippen molar-refractivity contribution in [3.05, 3.63) is 42.0 Å². The van der Waals surface area contributed by atoms with Crippen LogP contribution in [0, 0.1) is 6.92 Å². The highest BCUT2D eigenvalue weighted by Gasteiger charge is 2.18. The summed E-state index contributed by atoms with van der Waals surface area (Å²) in [7, 11) is 3.44. The molecular weight excluding hydrogens is 340 g/mol. The lowest BCUT2D eigenvalue weighted by Crippen LogP contribution is -2.46. The summed E-state index contributed by atoms with van der Waals surface area (Å²) in [5.74, 6) is 2.93. The molecule has 0 saturated carbocycles. The molecule has 1 aromatic heterocycles. The van der Waals surface area contributed by atoms with Gasteiger partial charge in [-0.05, 0) is 44.5 Å². The van der Waals surface area contributed by atoms with Crippen molar-refractivity contribution in [2.75, 3.05) is 46.9 Å². The van der Waals surface area contributed by atoms with Crippen LogP contribution in [0.15, 0.2) is 30.6 Å². The Hall–Kier alpha value is -2.05. The van der Waals surface area contributed by atoms with Crippen LogP contribution in [0.1, 0.15) is 24.2 Å². The lowest BCUT2D eigenvalue weighted by atomic mass is 10.1. The zero-order chi connectivity index (χ0) is 19.1. The molecule has 0 atom stereocenters. The maximum atomic E-state index is 5.51. The number of hydrogen-bond donors (Lipinski definition) is 0. The molecule has 1 aromatic carbocycles. The van der Waals surface area contributed by atoms with E-state index in [1.807, 2.05) is 18.3 Å². The predicted octanol–water partition coefficient (Wildman–Crippen LogP) is 2.81. The summed E-state index contributed by atoms with van der Waals surface area (Å²) in [6, 6.07) is 6.03. The first-order valence-electron chi connectivity index (χ1n) is 9.83. The van der Waals surface area contributed by atoms with Gasteiger partial charge in [0.05, 0.1) is 14.2 Å². The summed E-state index contributed by atoms with van der Waals surface area (Å²) in [6.45, 7) is 9.70. The number of hydrogen-bond acceptors (Lipinski definition) is 5. The third-order valence-electron chi connectivity index (χ3n) is 5.39. The molecule has 0 bridgehead atoms. The molecule has 2 heterocycles. The number of benzene rings is 1. The van der Waals surface area contributed by atoms with Crippen LogP contribution in [0.3, 0.4) is 0 Å². The third-order valence-corrected chi connectivity index (χ3v) is 5.39. The number of unbranched alkanes of at least 4 members (excludes halogenated alkanes) is 1. The van der Waals surface area contributed by atoms with E-state index >= 15 is 0 Å². The van der Waals surface area contributed by atoms with E-state index in [2.05, 4.69) is 38.5 Å². The number of aromatic nitrogens is 2. The Morgan fingerprint density at radius 1 is 0.963 bits per heavy atom. The second-order valence-corrected chi connectivity index (χ2v) is 7.17. The Morgan fingerprint density at radius 2 is 1.70 bits per heavy atom. The maximum absolute atomic E-state index is 5.51. The van der Waals surface area contributed by atoms with Gasteiger partial charge in [-0.1, -0.05) is 0 Å². The van der Waals surface area contributed by atoms with Crippen molar-refractivity contribution in [1.29, 1.82) is 0 Å². The van der Waals surface area contributed by atoms with Gasteiger partial charge >= 0.3 is 0 Å². The summed E-state index contributed by atoms with van der Waals surface area (Å²) in [5, 5.41) is 0. The number of aryl methyl sites for hydroxylation is 2. The molecule has 0 radical (unpaired) electrons. The van der Waals surface area contributed by atoms with Crippen molar-refractivity contribution in [2.45, 2.75) is 32.9 Å². The minimum Gasteiger partial charge on any atom is -0.497 e. The van der Waals surface area contributed by atoms with E-state index in [1.165, 1.54) is 24.9 Å². The zero-order valence-electron chi connectivity index (χ0n) is 16.9. The predicted molar refractivity (Wildman–Crippen MR) is 107 cm³/mol. The van der Waals surface area contributed by atoms with Crippen molar-refractivity contribution >= 4 is 0 Å². The molecule has 0 unspecified atom stereocenters. The van der Waals surface area contributed by atoms with E-state index in [-0.39, 0.29) is 0 Å². The highest BCUT2D eigenvalue weighted by atomic mass is 16.5. The van der Waals surface area contributed by atoms with Crippen LogP contribution in [-0.4, -0.2) is 66.3 Å². The highest BCUT2D eigenvalue weighted by molar-refractivity contribution is 5.40. The summed E-state index contributed by atoms with van der Waals surface area (Å²) < 4.78 is 13.1. The lowest BCUT2D eigenvalue weighted by molar-refractivity contribution is 0.124. The SMILES string of the molecule is COc1ccc(OC)c(CN2CCN(CCCCn3ccnc3C)CC2)c1. The van der Waals surface area contributed by atoms with Gasteiger partial charge in [0, 0.05) is 57.2 Å². The number of ether oxygens (including phenoxy) is 2. The first-order valence-corrected chi connectivity index (χ1v) is 9.83. The molecular formula is C21H32N4O2. The molecule has 0 N–H and O–H groups in total. The average Bonchev–Trinajstić information content (AvgIpc) is 3.11. The Balaban J connectivity index is 1.39. The molecule has 0 amide bonds. The minimum atomic E-state index is 0.887. The maximum Gasteiger partial charge on any atom is 0.123 e. The van der Waals surface area contributed by atoms with Gasteiger partial charge in [-0.3, -0.25) is 4.90 Å². The Kier molecular flexibility index (Phi) is 7.12. The quantitative estimate of drug-likeness (QED) is 0.633. The minimum absolute atomic E-state index is 0.887. The standard InChI is InChI=1S/C21H32N4O2/c1-18-22-8-11-25(18)10-5-4-9-23-12-14-24(15-13-23)17-19-16-20(26-2)6-7-21(19)27-3/h6-8,11,16H,4-5,9-10,12-15,17H2,1-3H3. The molecule has 1 saturated heterocycles. The molecule has 148 valence electrons. The molecule has 6 heteroatoms. The Labute approximate surface area is 162 Å². The van der Waals surface area contributed by atoms with E-state index in [1.54, 1.807) is 14.2 Å². The molecule has 27 heavy (non-hydrogen) atoms. The Bertz CT molecular complexity index is 708. The molecule has 1 aliphatic rings. The number of imidazole rings is 1. The van der Waals surface area contributed by atoms with Crippen molar-refractivity contribution in [3.8, 4) is 11.5 Å². The first kappa shape index (κ1) is 19.7. The van der Waals surface area contributed by atoms with Gasteiger partial charge in [0.25, 0.3) is 0 Å². The molecule has 1 aliphatic heterocycles. The van der Waals surface area contributed by atoms with E-state index in [9.17, 15) is 0 Å². The van der Waals surface area contributed by atoms with E-state index in [4.69, 9.17) is 9.47 Å². The summed E-state index contributed by atoms with van der Waals surface area (Å²) in [4.78, 5) is 9.37. The van der Waals surface area contributed by atoms with Crippen LogP contribution in [-0.2, 0) is 13.1 Å². The summed E-state index contributed by atoms with van der Waals surface area (Å²) in [5.41, 5.74) is 1.20. The van der Waals surface area contributed by atoms with Crippen molar-refractivity contribution in [3.63, 3.8) is 0 Å². The van der Waals surface area contributed by atoms with Crippen molar-refractivity contribution in [2.24, 2.45) is 0 Å². The van der Waals surface area contributed by atoms with Gasteiger partial charge in [0.1, 0.15) is 17.3 Å². The van der Waals surface area contributed by atoms with Crippen LogP contribution >= 0.6 is 0 Å². The second-order valence-electron chi connectivity index (χ2n) is 7.17. The number of nitrogens with zero attached hydrogens (tertiary/aromatic N) is 4. The zero-order valence-corrected chi connectivity index (χ0v) is 16.9. The first-order chi connectivity index (χ1) is 13.2. The van der Waals surface area contributed by atoms with Gasteiger partial charge in [0.2, 0.25) is 0 Å². The normalized spacial score (nSPS) is 15.8. The largest absolute Gasteiger partial charge is 0.497 e. The van der Waals surface area contributed by atoms with E-state index in [0.717, 1.165) is 56.6 Å².